The third-order valence-electron chi connectivity index (χ3n) is 6.13. The fraction of sp³-hybridized carbons (Fsp3) is 0.455. The lowest BCUT2D eigenvalue weighted by atomic mass is 9.68. The number of nitrogens with zero attached hydrogens (tertiary/aromatic N) is 1. The summed E-state index contributed by atoms with van der Waals surface area (Å²) in [5, 5.41) is 10.2. The molecule has 2 aliphatic rings. The van der Waals surface area contributed by atoms with Crippen LogP contribution in [0, 0.1) is 5.92 Å². The van der Waals surface area contributed by atoms with E-state index in [9.17, 15) is 5.11 Å². The largest absolute Gasteiger partial charge is 0.508 e. The molecule has 1 saturated heterocycles. The zero-order valence-corrected chi connectivity index (χ0v) is 14.3. The van der Waals surface area contributed by atoms with Gasteiger partial charge < -0.3 is 5.11 Å². The molecule has 2 atom stereocenters. The van der Waals surface area contributed by atoms with Crippen LogP contribution in [0.4, 0.5) is 0 Å². The van der Waals surface area contributed by atoms with Gasteiger partial charge in [-0.2, -0.15) is 0 Å². The Balaban J connectivity index is 1.62. The molecular formula is C22H27NO. The Bertz CT molecular complexity index is 683. The lowest BCUT2D eigenvalue weighted by Crippen LogP contribution is -2.56. The molecule has 2 bridgehead atoms. The summed E-state index contributed by atoms with van der Waals surface area (Å²) in [7, 11) is 0. The molecule has 126 valence electrons. The molecule has 2 fully saturated rings. The first-order chi connectivity index (χ1) is 11.8. The summed E-state index contributed by atoms with van der Waals surface area (Å²) in [6.07, 6.45) is 7.79. The first kappa shape index (κ1) is 15.7. The van der Waals surface area contributed by atoms with Gasteiger partial charge in [0.2, 0.25) is 0 Å². The van der Waals surface area contributed by atoms with Crippen LogP contribution in [0.2, 0.25) is 0 Å². The fourth-order valence-electron chi connectivity index (χ4n) is 4.92. The van der Waals surface area contributed by atoms with Crippen molar-refractivity contribution in [3.63, 3.8) is 0 Å². The van der Waals surface area contributed by atoms with Gasteiger partial charge in [0.25, 0.3) is 0 Å². The number of aromatic hydroxyl groups is 1. The van der Waals surface area contributed by atoms with E-state index in [-0.39, 0.29) is 5.54 Å². The summed E-state index contributed by atoms with van der Waals surface area (Å²) in [6, 6.07) is 18.8. The number of benzene rings is 2. The molecule has 1 aliphatic heterocycles. The Morgan fingerprint density at radius 3 is 2.62 bits per heavy atom. The normalized spacial score (nSPS) is 27.1. The van der Waals surface area contributed by atoms with Crippen molar-refractivity contribution in [1.29, 1.82) is 0 Å². The maximum atomic E-state index is 10.2. The topological polar surface area (TPSA) is 23.5 Å². The Kier molecular flexibility index (Phi) is 4.32. The predicted octanol–water partition coefficient (Wildman–Crippen LogP) is 4.77. The number of fused-ring (bicyclic) bond motifs is 2. The molecule has 1 aliphatic carbocycles. The van der Waals surface area contributed by atoms with E-state index in [1.165, 1.54) is 37.7 Å². The van der Waals surface area contributed by atoms with Crippen LogP contribution >= 0.6 is 0 Å². The number of hydrogen-bond acceptors (Lipinski definition) is 2. The van der Waals surface area contributed by atoms with Crippen LogP contribution in [0.1, 0.15) is 43.2 Å². The molecule has 0 aromatic heterocycles. The van der Waals surface area contributed by atoms with Gasteiger partial charge in [0.05, 0.1) is 0 Å². The van der Waals surface area contributed by atoms with Crippen LogP contribution in [0.3, 0.4) is 0 Å². The summed E-state index contributed by atoms with van der Waals surface area (Å²) < 4.78 is 0. The number of rotatable bonds is 4. The number of para-hydroxylation sites is 1. The van der Waals surface area contributed by atoms with E-state index in [2.05, 4.69) is 41.3 Å². The Morgan fingerprint density at radius 2 is 1.79 bits per heavy atom. The third-order valence-corrected chi connectivity index (χ3v) is 6.13. The maximum absolute atomic E-state index is 10.2. The van der Waals surface area contributed by atoms with Gasteiger partial charge in [0.1, 0.15) is 5.75 Å². The van der Waals surface area contributed by atoms with Gasteiger partial charge in [-0.3, -0.25) is 4.90 Å². The van der Waals surface area contributed by atoms with Crippen LogP contribution in [-0.4, -0.2) is 22.1 Å². The number of phenolic OH excluding ortho intramolecular Hbond substituents is 1. The quantitative estimate of drug-likeness (QED) is 0.877. The highest BCUT2D eigenvalue weighted by Crippen LogP contribution is 2.45. The summed E-state index contributed by atoms with van der Waals surface area (Å²) >= 11 is 0. The van der Waals surface area contributed by atoms with Crippen molar-refractivity contribution >= 4 is 0 Å². The molecule has 0 spiro atoms. The van der Waals surface area contributed by atoms with Crippen LogP contribution in [0.5, 0.6) is 5.75 Å². The first-order valence-corrected chi connectivity index (χ1v) is 9.31. The molecule has 1 N–H and O–H groups in total. The van der Waals surface area contributed by atoms with E-state index >= 15 is 0 Å². The van der Waals surface area contributed by atoms with Crippen molar-refractivity contribution in [3.05, 3.63) is 65.7 Å². The third kappa shape index (κ3) is 3.08. The highest BCUT2D eigenvalue weighted by Gasteiger charge is 2.44. The zero-order chi connectivity index (χ0) is 16.4. The smallest absolute Gasteiger partial charge is 0.120 e. The van der Waals surface area contributed by atoms with Gasteiger partial charge in [0.15, 0.2) is 0 Å². The Labute approximate surface area is 145 Å². The molecule has 0 amide bonds. The molecule has 0 unspecified atom stereocenters. The minimum atomic E-state index is 0.269. The van der Waals surface area contributed by atoms with Crippen molar-refractivity contribution in [2.24, 2.45) is 5.92 Å². The molecule has 2 heteroatoms. The van der Waals surface area contributed by atoms with E-state index < -0.39 is 0 Å². The summed E-state index contributed by atoms with van der Waals surface area (Å²) in [5.74, 6) is 1.33. The van der Waals surface area contributed by atoms with Gasteiger partial charge in [-0.15, -0.1) is 0 Å². The molecular weight excluding hydrogens is 294 g/mol. The number of hydrogen-bond donors (Lipinski definition) is 1. The zero-order valence-electron chi connectivity index (χ0n) is 14.3. The minimum absolute atomic E-state index is 0.269. The summed E-state index contributed by atoms with van der Waals surface area (Å²) in [4.78, 5) is 2.67. The fourth-order valence-corrected chi connectivity index (χ4v) is 4.92. The second-order valence-electron chi connectivity index (χ2n) is 7.69. The molecule has 4 rings (SSSR count). The molecule has 24 heavy (non-hydrogen) atoms. The monoisotopic (exact) mass is 321 g/mol. The van der Waals surface area contributed by atoms with Crippen LogP contribution in [0.25, 0.3) is 0 Å². The molecule has 0 radical (unpaired) electrons. The van der Waals surface area contributed by atoms with Crippen LogP contribution in [-0.2, 0) is 13.0 Å². The summed E-state index contributed by atoms with van der Waals surface area (Å²) in [6.45, 7) is 2.03. The van der Waals surface area contributed by atoms with Gasteiger partial charge in [0, 0.05) is 17.6 Å². The molecule has 2 aromatic rings. The van der Waals surface area contributed by atoms with Crippen molar-refractivity contribution in [1.82, 2.24) is 4.90 Å². The SMILES string of the molecule is Oc1ccccc1CN1CC[C@H]2CCC[C@]1(Cc1ccccc1)C2. The van der Waals surface area contributed by atoms with Crippen molar-refractivity contribution in [2.45, 2.75) is 50.6 Å². The minimum Gasteiger partial charge on any atom is -0.508 e. The highest BCUT2D eigenvalue weighted by molar-refractivity contribution is 5.32. The number of phenols is 1. The molecule has 1 saturated carbocycles. The van der Waals surface area contributed by atoms with Crippen LogP contribution in [0.15, 0.2) is 54.6 Å². The van der Waals surface area contributed by atoms with Crippen molar-refractivity contribution < 1.29 is 5.11 Å². The Morgan fingerprint density at radius 1 is 1.00 bits per heavy atom. The average molecular weight is 321 g/mol. The van der Waals surface area contributed by atoms with E-state index in [0.717, 1.165) is 31.0 Å². The van der Waals surface area contributed by atoms with Crippen molar-refractivity contribution in [2.75, 3.05) is 6.54 Å². The predicted molar refractivity (Wildman–Crippen MR) is 98.0 cm³/mol. The average Bonchev–Trinajstić information content (AvgIpc) is 2.60. The van der Waals surface area contributed by atoms with E-state index in [1.54, 1.807) is 0 Å². The number of piperidine rings is 1. The first-order valence-electron chi connectivity index (χ1n) is 9.31. The lowest BCUT2D eigenvalue weighted by Gasteiger charge is -2.53. The van der Waals surface area contributed by atoms with Crippen LogP contribution < -0.4 is 0 Å². The molecule has 2 aromatic carbocycles. The second-order valence-corrected chi connectivity index (χ2v) is 7.69. The standard InChI is InChI=1S/C22H27NO/c24-21-11-5-4-10-20(21)17-23-14-12-19-9-6-13-22(23,16-19)15-18-7-2-1-3-8-18/h1-5,7-8,10-11,19,24H,6,9,12-17H2/t19-,22+/m1/s1. The second kappa shape index (κ2) is 6.60. The highest BCUT2D eigenvalue weighted by atomic mass is 16.3. The maximum Gasteiger partial charge on any atom is 0.120 e. The number of likely N-dealkylation sites (tertiary alicyclic amines) is 1. The van der Waals surface area contributed by atoms with Crippen molar-refractivity contribution in [3.8, 4) is 5.75 Å². The van der Waals surface area contributed by atoms with Gasteiger partial charge >= 0.3 is 0 Å². The van der Waals surface area contributed by atoms with E-state index in [0.29, 0.717) is 5.75 Å². The lowest BCUT2D eigenvalue weighted by molar-refractivity contribution is -0.0210. The van der Waals surface area contributed by atoms with Gasteiger partial charge in [-0.1, -0.05) is 61.4 Å². The van der Waals surface area contributed by atoms with Gasteiger partial charge in [-0.25, -0.2) is 0 Å². The van der Waals surface area contributed by atoms with E-state index in [4.69, 9.17) is 0 Å². The molecule has 1 heterocycles. The van der Waals surface area contributed by atoms with E-state index in [1.807, 2.05) is 18.2 Å². The van der Waals surface area contributed by atoms with Gasteiger partial charge in [-0.05, 0) is 49.8 Å². The Hall–Kier alpha value is -1.80. The summed E-state index contributed by atoms with van der Waals surface area (Å²) in [5.41, 5.74) is 2.78. The molecule has 2 nitrogen and oxygen atoms in total.